The molecule has 0 aliphatic rings. The summed E-state index contributed by atoms with van der Waals surface area (Å²) in [7, 11) is 0. The Kier molecular flexibility index (Phi) is 5.39. The van der Waals surface area contributed by atoms with Crippen molar-refractivity contribution in [3.05, 3.63) is 23.4 Å². The van der Waals surface area contributed by atoms with Gasteiger partial charge in [0.25, 0.3) is 0 Å². The predicted octanol–water partition coefficient (Wildman–Crippen LogP) is 1.93. The van der Waals surface area contributed by atoms with Crippen LogP contribution in [0.2, 0.25) is 5.02 Å². The molecule has 0 bridgehead atoms. The molecule has 1 rings (SSSR count). The summed E-state index contributed by atoms with van der Waals surface area (Å²) in [5, 5.41) is 10.6. The number of pyridine rings is 1. The Morgan fingerprint density at radius 1 is 1.60 bits per heavy atom. The number of nitrogens with two attached hydrogens (primary N) is 1. The summed E-state index contributed by atoms with van der Waals surface area (Å²) < 4.78 is 0. The second kappa shape index (κ2) is 6.33. The van der Waals surface area contributed by atoms with E-state index in [0.717, 1.165) is 11.4 Å². The smallest absolute Gasteiger partial charge is 0.0965 e. The van der Waals surface area contributed by atoms with Crippen molar-refractivity contribution in [2.75, 3.05) is 6.61 Å². The lowest BCUT2D eigenvalue weighted by Crippen LogP contribution is -2.34. The standard InChI is InChI=1S/C10H15ClN2OS/c1-2-8(12)9(6-14)15-10-4-3-7(11)5-13-10/h3-5,8-9,14H,2,6,12H2,1H3. The maximum absolute atomic E-state index is 9.19. The van der Waals surface area contributed by atoms with Gasteiger partial charge >= 0.3 is 0 Å². The third kappa shape index (κ3) is 3.99. The number of aliphatic hydroxyl groups is 1. The molecular weight excluding hydrogens is 232 g/mol. The van der Waals surface area contributed by atoms with E-state index in [2.05, 4.69) is 4.98 Å². The SMILES string of the molecule is CCC(N)C(CO)Sc1ccc(Cl)cn1. The highest BCUT2D eigenvalue weighted by Gasteiger charge is 2.17. The van der Waals surface area contributed by atoms with Crippen molar-refractivity contribution < 1.29 is 5.11 Å². The van der Waals surface area contributed by atoms with Crippen LogP contribution in [0, 0.1) is 0 Å². The average Bonchev–Trinajstić information content (AvgIpc) is 2.27. The zero-order valence-corrected chi connectivity index (χ0v) is 10.1. The van der Waals surface area contributed by atoms with Crippen LogP contribution < -0.4 is 5.73 Å². The summed E-state index contributed by atoms with van der Waals surface area (Å²) in [5.74, 6) is 0. The summed E-state index contributed by atoms with van der Waals surface area (Å²) in [6.07, 6.45) is 2.43. The highest BCUT2D eigenvalue weighted by molar-refractivity contribution is 7.99. The summed E-state index contributed by atoms with van der Waals surface area (Å²) in [4.78, 5) is 4.15. The first kappa shape index (κ1) is 12.8. The first-order valence-electron chi connectivity index (χ1n) is 4.82. The minimum absolute atomic E-state index is 0.0105. The fourth-order valence-corrected chi connectivity index (χ4v) is 2.23. The number of thioether (sulfide) groups is 1. The number of hydrogen-bond donors (Lipinski definition) is 2. The molecule has 0 amide bonds. The van der Waals surface area contributed by atoms with Crippen LogP contribution in [0.5, 0.6) is 0 Å². The third-order valence-corrected chi connectivity index (χ3v) is 3.61. The lowest BCUT2D eigenvalue weighted by atomic mass is 10.2. The van der Waals surface area contributed by atoms with E-state index in [9.17, 15) is 5.11 Å². The molecule has 2 unspecified atom stereocenters. The summed E-state index contributed by atoms with van der Waals surface area (Å²) in [5.41, 5.74) is 5.87. The maximum Gasteiger partial charge on any atom is 0.0965 e. The Labute approximate surface area is 99.0 Å². The molecule has 0 fully saturated rings. The Hall–Kier alpha value is -0.290. The lowest BCUT2D eigenvalue weighted by Gasteiger charge is -2.19. The molecule has 1 aromatic heterocycles. The van der Waals surface area contributed by atoms with Crippen LogP contribution in [0.1, 0.15) is 13.3 Å². The van der Waals surface area contributed by atoms with Crippen LogP contribution in [0.3, 0.4) is 0 Å². The van der Waals surface area contributed by atoms with E-state index in [1.165, 1.54) is 11.8 Å². The van der Waals surface area contributed by atoms with E-state index < -0.39 is 0 Å². The van der Waals surface area contributed by atoms with Gasteiger partial charge in [0, 0.05) is 17.5 Å². The monoisotopic (exact) mass is 246 g/mol. The molecule has 2 atom stereocenters. The Morgan fingerprint density at radius 3 is 2.80 bits per heavy atom. The van der Waals surface area contributed by atoms with Crippen molar-refractivity contribution in [2.45, 2.75) is 29.7 Å². The van der Waals surface area contributed by atoms with Crippen LogP contribution in [0.4, 0.5) is 0 Å². The van der Waals surface area contributed by atoms with Gasteiger partial charge in [-0.1, -0.05) is 30.3 Å². The van der Waals surface area contributed by atoms with Gasteiger partial charge in [0.15, 0.2) is 0 Å². The van der Waals surface area contributed by atoms with E-state index in [0.29, 0.717) is 5.02 Å². The molecule has 0 saturated heterocycles. The number of halogens is 1. The molecule has 1 heterocycles. The normalized spacial score (nSPS) is 14.9. The molecule has 0 aliphatic carbocycles. The maximum atomic E-state index is 9.19. The molecular formula is C10H15ClN2OS. The predicted molar refractivity (Wildman–Crippen MR) is 64.2 cm³/mol. The summed E-state index contributed by atoms with van der Waals surface area (Å²) >= 11 is 7.21. The third-order valence-electron chi connectivity index (χ3n) is 2.10. The number of nitrogens with zero attached hydrogens (tertiary/aromatic N) is 1. The molecule has 0 spiro atoms. The zero-order valence-electron chi connectivity index (χ0n) is 8.56. The van der Waals surface area contributed by atoms with Gasteiger partial charge in [0.05, 0.1) is 16.7 Å². The Bertz CT molecular complexity index is 294. The molecule has 3 nitrogen and oxygen atoms in total. The van der Waals surface area contributed by atoms with E-state index in [-0.39, 0.29) is 17.9 Å². The summed E-state index contributed by atoms with van der Waals surface area (Å²) in [6.45, 7) is 2.06. The minimum atomic E-state index is -0.0162. The highest BCUT2D eigenvalue weighted by atomic mass is 35.5. The largest absolute Gasteiger partial charge is 0.395 e. The van der Waals surface area contributed by atoms with Crippen LogP contribution in [0.25, 0.3) is 0 Å². The first-order valence-corrected chi connectivity index (χ1v) is 6.07. The molecule has 1 aromatic rings. The van der Waals surface area contributed by atoms with Gasteiger partial charge in [0.1, 0.15) is 0 Å². The van der Waals surface area contributed by atoms with Gasteiger partial charge < -0.3 is 10.8 Å². The van der Waals surface area contributed by atoms with E-state index in [1.807, 2.05) is 13.0 Å². The highest BCUT2D eigenvalue weighted by Crippen LogP contribution is 2.24. The van der Waals surface area contributed by atoms with E-state index in [1.54, 1.807) is 12.3 Å². The van der Waals surface area contributed by atoms with E-state index >= 15 is 0 Å². The molecule has 3 N–H and O–H groups in total. The zero-order chi connectivity index (χ0) is 11.3. The molecule has 0 aromatic carbocycles. The molecule has 84 valence electrons. The van der Waals surface area contributed by atoms with Gasteiger partial charge in [-0.2, -0.15) is 0 Å². The van der Waals surface area contributed by atoms with Crippen molar-refractivity contribution in [1.82, 2.24) is 4.98 Å². The van der Waals surface area contributed by atoms with Crippen molar-refractivity contribution in [3.8, 4) is 0 Å². The second-order valence-corrected chi connectivity index (χ2v) is 4.92. The Balaban J connectivity index is 2.62. The quantitative estimate of drug-likeness (QED) is 0.780. The van der Waals surface area contributed by atoms with Gasteiger partial charge in [0.2, 0.25) is 0 Å². The first-order chi connectivity index (χ1) is 7.17. The number of aliphatic hydroxyl groups excluding tert-OH is 1. The van der Waals surface area contributed by atoms with Crippen molar-refractivity contribution in [1.29, 1.82) is 0 Å². The fraction of sp³-hybridized carbons (Fsp3) is 0.500. The van der Waals surface area contributed by atoms with Crippen molar-refractivity contribution >= 4 is 23.4 Å². The van der Waals surface area contributed by atoms with Gasteiger partial charge in [-0.3, -0.25) is 0 Å². The van der Waals surface area contributed by atoms with Crippen molar-refractivity contribution in [2.24, 2.45) is 5.73 Å². The van der Waals surface area contributed by atoms with Crippen LogP contribution >= 0.6 is 23.4 Å². The number of aromatic nitrogens is 1. The summed E-state index contributed by atoms with van der Waals surface area (Å²) in [6, 6.07) is 3.60. The molecule has 5 heteroatoms. The lowest BCUT2D eigenvalue weighted by molar-refractivity contribution is 0.281. The number of rotatable bonds is 5. The minimum Gasteiger partial charge on any atom is -0.395 e. The molecule has 15 heavy (non-hydrogen) atoms. The van der Waals surface area contributed by atoms with Gasteiger partial charge in [-0.05, 0) is 18.6 Å². The fourth-order valence-electron chi connectivity index (χ4n) is 1.11. The van der Waals surface area contributed by atoms with Crippen LogP contribution in [-0.2, 0) is 0 Å². The Morgan fingerprint density at radius 2 is 2.33 bits per heavy atom. The van der Waals surface area contributed by atoms with Gasteiger partial charge in [-0.15, -0.1) is 0 Å². The van der Waals surface area contributed by atoms with Crippen LogP contribution in [-0.4, -0.2) is 28.0 Å². The number of hydrogen-bond acceptors (Lipinski definition) is 4. The van der Waals surface area contributed by atoms with Gasteiger partial charge in [-0.25, -0.2) is 4.98 Å². The van der Waals surface area contributed by atoms with E-state index in [4.69, 9.17) is 17.3 Å². The topological polar surface area (TPSA) is 59.1 Å². The molecule has 0 radical (unpaired) electrons. The average molecular weight is 247 g/mol. The van der Waals surface area contributed by atoms with Crippen molar-refractivity contribution in [3.63, 3.8) is 0 Å². The second-order valence-electron chi connectivity index (χ2n) is 3.23. The molecule has 0 saturated carbocycles. The van der Waals surface area contributed by atoms with Crippen LogP contribution in [0.15, 0.2) is 23.4 Å². The molecule has 0 aliphatic heterocycles.